The minimum absolute atomic E-state index is 0.0653. The molecule has 2 heterocycles. The maximum atomic E-state index is 14.3. The van der Waals surface area contributed by atoms with Gasteiger partial charge in [0.05, 0.1) is 17.6 Å². The number of amides is 1. The van der Waals surface area contributed by atoms with Crippen LogP contribution in [-0.2, 0) is 16.6 Å². The molecule has 1 aliphatic heterocycles. The van der Waals surface area contributed by atoms with Gasteiger partial charge in [-0.1, -0.05) is 6.07 Å². The second-order valence-corrected chi connectivity index (χ2v) is 9.04. The van der Waals surface area contributed by atoms with Crippen molar-refractivity contribution in [3.63, 3.8) is 0 Å². The highest BCUT2D eigenvalue weighted by molar-refractivity contribution is 7.93. The molecule has 1 N–H and O–H groups in total. The molecule has 1 saturated heterocycles. The fourth-order valence-electron chi connectivity index (χ4n) is 3.26. The van der Waals surface area contributed by atoms with Gasteiger partial charge in [0.2, 0.25) is 10.0 Å². The van der Waals surface area contributed by atoms with Gasteiger partial charge in [0.1, 0.15) is 5.75 Å². The molecule has 1 aromatic heterocycles. The Hall–Kier alpha value is -3.46. The van der Waals surface area contributed by atoms with Gasteiger partial charge in [-0.2, -0.15) is 0 Å². The Bertz CT molecular complexity index is 1190. The van der Waals surface area contributed by atoms with Crippen LogP contribution in [0.15, 0.2) is 67.0 Å². The van der Waals surface area contributed by atoms with Crippen molar-refractivity contribution in [3.05, 3.63) is 83.9 Å². The maximum absolute atomic E-state index is 14.3. The molecule has 7 nitrogen and oxygen atoms in total. The first kappa shape index (κ1) is 20.8. The zero-order valence-corrected chi connectivity index (χ0v) is 17.3. The second-order valence-electron chi connectivity index (χ2n) is 7.03. The number of nitrogens with one attached hydrogen (secondary N) is 1. The maximum Gasteiger partial charge on any atom is 0.251 e. The molecule has 9 heteroatoms. The van der Waals surface area contributed by atoms with Gasteiger partial charge >= 0.3 is 0 Å². The van der Waals surface area contributed by atoms with Crippen LogP contribution in [0.2, 0.25) is 0 Å². The van der Waals surface area contributed by atoms with Gasteiger partial charge in [-0.25, -0.2) is 12.8 Å². The number of rotatable bonds is 6. The van der Waals surface area contributed by atoms with E-state index in [0.717, 1.165) is 0 Å². The smallest absolute Gasteiger partial charge is 0.251 e. The van der Waals surface area contributed by atoms with Crippen molar-refractivity contribution in [3.8, 4) is 11.5 Å². The van der Waals surface area contributed by atoms with E-state index in [1.165, 1.54) is 22.6 Å². The van der Waals surface area contributed by atoms with Gasteiger partial charge < -0.3 is 10.1 Å². The molecule has 0 unspecified atom stereocenters. The molecule has 31 heavy (non-hydrogen) atoms. The van der Waals surface area contributed by atoms with E-state index in [2.05, 4.69) is 10.3 Å². The fourth-order valence-corrected chi connectivity index (χ4v) is 4.83. The molecule has 0 saturated carbocycles. The van der Waals surface area contributed by atoms with E-state index < -0.39 is 15.8 Å². The van der Waals surface area contributed by atoms with Crippen molar-refractivity contribution >= 4 is 21.6 Å². The Labute approximate surface area is 179 Å². The topological polar surface area (TPSA) is 88.6 Å². The van der Waals surface area contributed by atoms with Crippen molar-refractivity contribution in [1.82, 2.24) is 10.3 Å². The molecule has 4 rings (SSSR count). The van der Waals surface area contributed by atoms with Crippen molar-refractivity contribution in [2.45, 2.75) is 13.0 Å². The van der Waals surface area contributed by atoms with E-state index in [0.29, 0.717) is 35.5 Å². The number of nitrogens with zero attached hydrogens (tertiary/aromatic N) is 2. The fraction of sp³-hybridized carbons (Fsp3) is 0.182. The summed E-state index contributed by atoms with van der Waals surface area (Å²) in [5.74, 6) is -0.264. The van der Waals surface area contributed by atoms with Gasteiger partial charge in [-0.15, -0.1) is 0 Å². The van der Waals surface area contributed by atoms with Crippen LogP contribution in [0.4, 0.5) is 10.1 Å². The van der Waals surface area contributed by atoms with Crippen molar-refractivity contribution in [1.29, 1.82) is 0 Å². The molecule has 1 fully saturated rings. The third kappa shape index (κ3) is 4.83. The van der Waals surface area contributed by atoms with E-state index >= 15 is 0 Å². The number of carbonyl (C=O) groups excluding carboxylic acids is 1. The van der Waals surface area contributed by atoms with Crippen molar-refractivity contribution in [2.75, 3.05) is 16.6 Å². The minimum Gasteiger partial charge on any atom is -0.453 e. The number of ether oxygens (including phenoxy) is 1. The molecule has 1 amide bonds. The number of pyridine rings is 1. The molecule has 160 valence electrons. The van der Waals surface area contributed by atoms with Crippen LogP contribution >= 0.6 is 0 Å². The molecule has 0 aliphatic carbocycles. The average molecular weight is 441 g/mol. The first-order valence-electron chi connectivity index (χ1n) is 9.67. The van der Waals surface area contributed by atoms with Gasteiger partial charge in [0.15, 0.2) is 11.6 Å². The van der Waals surface area contributed by atoms with E-state index in [9.17, 15) is 17.6 Å². The highest BCUT2D eigenvalue weighted by atomic mass is 32.2. The molecule has 2 aromatic carbocycles. The summed E-state index contributed by atoms with van der Waals surface area (Å²) in [5.41, 5.74) is 1.50. The van der Waals surface area contributed by atoms with E-state index in [-0.39, 0.29) is 24.0 Å². The van der Waals surface area contributed by atoms with E-state index in [1.54, 1.807) is 48.7 Å². The summed E-state index contributed by atoms with van der Waals surface area (Å²) in [6, 6.07) is 14.2. The highest BCUT2D eigenvalue weighted by Crippen LogP contribution is 2.25. The average Bonchev–Trinajstić information content (AvgIpc) is 3.13. The van der Waals surface area contributed by atoms with Crippen LogP contribution < -0.4 is 14.4 Å². The molecular formula is C22H20FN3O4S. The summed E-state index contributed by atoms with van der Waals surface area (Å²) >= 11 is 0. The number of sulfonamides is 1. The monoisotopic (exact) mass is 441 g/mol. The predicted molar refractivity (Wildman–Crippen MR) is 114 cm³/mol. The Morgan fingerprint density at radius 1 is 1.16 bits per heavy atom. The summed E-state index contributed by atoms with van der Waals surface area (Å²) in [4.78, 5) is 16.3. The van der Waals surface area contributed by atoms with E-state index in [4.69, 9.17) is 4.74 Å². The van der Waals surface area contributed by atoms with Gasteiger partial charge in [-0.05, 0) is 60.5 Å². The van der Waals surface area contributed by atoms with Crippen molar-refractivity contribution in [2.24, 2.45) is 0 Å². The summed E-state index contributed by atoms with van der Waals surface area (Å²) in [6.45, 7) is 0.575. The lowest BCUT2D eigenvalue weighted by molar-refractivity contribution is 0.0951. The predicted octanol–water partition coefficient (Wildman–Crippen LogP) is 3.48. The largest absolute Gasteiger partial charge is 0.453 e. The van der Waals surface area contributed by atoms with E-state index in [1.807, 2.05) is 0 Å². The van der Waals surface area contributed by atoms with Crippen LogP contribution in [0.5, 0.6) is 11.5 Å². The lowest BCUT2D eigenvalue weighted by Crippen LogP contribution is -2.25. The van der Waals surface area contributed by atoms with Crippen molar-refractivity contribution < 1.29 is 22.3 Å². The molecule has 1 aliphatic rings. The van der Waals surface area contributed by atoms with Crippen LogP contribution in [0.25, 0.3) is 0 Å². The third-order valence-corrected chi connectivity index (χ3v) is 6.70. The molecule has 3 aromatic rings. The zero-order valence-electron chi connectivity index (χ0n) is 16.5. The van der Waals surface area contributed by atoms with Crippen LogP contribution in [-0.4, -0.2) is 31.6 Å². The van der Waals surface area contributed by atoms with Gasteiger partial charge in [-0.3, -0.25) is 14.1 Å². The third-order valence-electron chi connectivity index (χ3n) is 4.83. The summed E-state index contributed by atoms with van der Waals surface area (Å²) < 4.78 is 45.1. The molecule has 0 atom stereocenters. The number of benzene rings is 2. The number of carbonyl (C=O) groups is 1. The van der Waals surface area contributed by atoms with Gasteiger partial charge in [0, 0.05) is 24.8 Å². The summed E-state index contributed by atoms with van der Waals surface area (Å²) in [7, 11) is -3.26. The lowest BCUT2D eigenvalue weighted by atomic mass is 10.1. The molecule has 0 bridgehead atoms. The van der Waals surface area contributed by atoms with Crippen LogP contribution in [0.3, 0.4) is 0 Å². The number of halogens is 1. The lowest BCUT2D eigenvalue weighted by Gasteiger charge is -2.17. The minimum atomic E-state index is -3.26. The number of hydrogen-bond acceptors (Lipinski definition) is 5. The Morgan fingerprint density at radius 3 is 2.61 bits per heavy atom. The molecular weight excluding hydrogens is 421 g/mol. The van der Waals surface area contributed by atoms with Gasteiger partial charge in [0.25, 0.3) is 5.91 Å². The molecule has 0 radical (unpaired) electrons. The zero-order chi connectivity index (χ0) is 21.8. The first-order valence-corrected chi connectivity index (χ1v) is 11.3. The SMILES string of the molecule is O=C(NCc1ccc(Oc2cccnc2)c(F)c1)c1ccc(N2CCCS2(=O)=O)cc1. The number of aromatic nitrogens is 1. The standard InChI is InChI=1S/C22H20FN3O4S/c23-20-13-16(4-9-21(20)30-19-3-1-10-24-15-19)14-25-22(27)17-5-7-18(8-6-17)26-11-2-12-31(26,28)29/h1,3-10,13,15H,2,11-12,14H2,(H,25,27). The molecule has 0 spiro atoms. The Kier molecular flexibility index (Phi) is 5.85. The normalized spacial score (nSPS) is 14.9. The Balaban J connectivity index is 1.37. The number of anilines is 1. The summed E-state index contributed by atoms with van der Waals surface area (Å²) in [5, 5.41) is 2.73. The van der Waals surface area contributed by atoms with Crippen LogP contribution in [0, 0.1) is 5.82 Å². The highest BCUT2D eigenvalue weighted by Gasteiger charge is 2.28. The Morgan fingerprint density at radius 2 is 1.97 bits per heavy atom. The van der Waals surface area contributed by atoms with Crippen LogP contribution in [0.1, 0.15) is 22.3 Å². The quantitative estimate of drug-likeness (QED) is 0.633. The number of hydrogen-bond donors (Lipinski definition) is 1. The first-order chi connectivity index (χ1) is 14.9. The second kappa shape index (κ2) is 8.73. The summed E-state index contributed by atoms with van der Waals surface area (Å²) in [6.07, 6.45) is 3.67.